The van der Waals surface area contributed by atoms with E-state index in [1.54, 1.807) is 11.8 Å². The molecule has 1 amide bonds. The van der Waals surface area contributed by atoms with Crippen molar-refractivity contribution >= 4 is 23.4 Å². The number of amides is 1. The molecule has 0 saturated heterocycles. The van der Waals surface area contributed by atoms with Crippen LogP contribution >= 0.6 is 11.8 Å². The lowest BCUT2D eigenvalue weighted by Gasteiger charge is -2.11. The highest BCUT2D eigenvalue weighted by Crippen LogP contribution is 2.22. The molecule has 1 atom stereocenters. The Morgan fingerprint density at radius 1 is 1.14 bits per heavy atom. The first-order chi connectivity index (χ1) is 10.2. The van der Waals surface area contributed by atoms with Crippen molar-refractivity contribution in [3.8, 4) is 0 Å². The van der Waals surface area contributed by atoms with E-state index < -0.39 is 0 Å². The van der Waals surface area contributed by atoms with Crippen LogP contribution in [-0.2, 0) is 4.79 Å². The van der Waals surface area contributed by atoms with Gasteiger partial charge in [0.25, 0.3) is 0 Å². The van der Waals surface area contributed by atoms with Crippen LogP contribution in [0.5, 0.6) is 0 Å². The molecule has 0 aliphatic carbocycles. The highest BCUT2D eigenvalue weighted by molar-refractivity contribution is 8.00. The zero-order valence-corrected chi connectivity index (χ0v) is 13.1. The third kappa shape index (κ3) is 4.92. The molecule has 3 nitrogen and oxygen atoms in total. The van der Waals surface area contributed by atoms with Gasteiger partial charge in [0.1, 0.15) is 0 Å². The molecule has 0 aliphatic heterocycles. The summed E-state index contributed by atoms with van der Waals surface area (Å²) in [5, 5.41) is 6.11. The summed E-state index contributed by atoms with van der Waals surface area (Å²) in [4.78, 5) is 13.0. The van der Waals surface area contributed by atoms with Gasteiger partial charge < -0.3 is 10.6 Å². The van der Waals surface area contributed by atoms with Crippen molar-refractivity contribution in [1.82, 2.24) is 5.32 Å². The number of hydrogen-bond donors (Lipinski definition) is 2. The third-order valence-corrected chi connectivity index (χ3v) is 4.21. The summed E-state index contributed by atoms with van der Waals surface area (Å²) in [6, 6.07) is 18.1. The highest BCUT2D eigenvalue weighted by Gasteiger charge is 2.06. The smallest absolute Gasteiger partial charge is 0.234 e. The van der Waals surface area contributed by atoms with Crippen LogP contribution in [0.15, 0.2) is 59.5 Å². The topological polar surface area (TPSA) is 41.1 Å². The standard InChI is InChI=1S/C17H20N2OS/c1-13(18-2)14-7-6-10-16(11-14)21-12-17(20)19-15-8-4-3-5-9-15/h3-11,13,18H,12H2,1-2H3,(H,19,20). The molecule has 2 aromatic rings. The fraction of sp³-hybridized carbons (Fsp3) is 0.235. The summed E-state index contributed by atoms with van der Waals surface area (Å²) in [6.07, 6.45) is 0. The minimum Gasteiger partial charge on any atom is -0.325 e. The van der Waals surface area contributed by atoms with E-state index >= 15 is 0 Å². The lowest BCUT2D eigenvalue weighted by molar-refractivity contribution is -0.113. The second kappa shape index (κ2) is 7.86. The van der Waals surface area contributed by atoms with Crippen LogP contribution in [0.1, 0.15) is 18.5 Å². The zero-order valence-electron chi connectivity index (χ0n) is 12.3. The van der Waals surface area contributed by atoms with Gasteiger partial charge in [-0.25, -0.2) is 0 Å². The number of thioether (sulfide) groups is 1. The number of hydrogen-bond acceptors (Lipinski definition) is 3. The maximum Gasteiger partial charge on any atom is 0.234 e. The molecule has 2 N–H and O–H groups in total. The van der Waals surface area contributed by atoms with Crippen molar-refractivity contribution in [3.05, 3.63) is 60.2 Å². The highest BCUT2D eigenvalue weighted by atomic mass is 32.2. The maximum atomic E-state index is 11.9. The van der Waals surface area contributed by atoms with Crippen molar-refractivity contribution in [2.75, 3.05) is 18.1 Å². The quantitative estimate of drug-likeness (QED) is 0.799. The first-order valence-corrected chi connectivity index (χ1v) is 7.92. The molecule has 0 saturated carbocycles. The van der Waals surface area contributed by atoms with E-state index in [4.69, 9.17) is 0 Å². The molecule has 0 bridgehead atoms. The maximum absolute atomic E-state index is 11.9. The zero-order chi connectivity index (χ0) is 15.1. The molecule has 1 unspecified atom stereocenters. The Morgan fingerprint density at radius 2 is 1.90 bits per heavy atom. The van der Waals surface area contributed by atoms with Gasteiger partial charge in [-0.05, 0) is 43.8 Å². The molecule has 0 aromatic heterocycles. The van der Waals surface area contributed by atoms with E-state index in [9.17, 15) is 4.79 Å². The van der Waals surface area contributed by atoms with Crippen LogP contribution < -0.4 is 10.6 Å². The second-order valence-electron chi connectivity index (χ2n) is 4.79. The average molecular weight is 300 g/mol. The number of para-hydroxylation sites is 1. The fourth-order valence-corrected chi connectivity index (χ4v) is 2.67. The summed E-state index contributed by atoms with van der Waals surface area (Å²) in [5.74, 6) is 0.421. The van der Waals surface area contributed by atoms with Crippen molar-refractivity contribution in [2.45, 2.75) is 17.9 Å². The molecule has 0 aliphatic rings. The molecular weight excluding hydrogens is 280 g/mol. The van der Waals surface area contributed by atoms with Crippen LogP contribution in [0, 0.1) is 0 Å². The Kier molecular flexibility index (Phi) is 5.84. The fourth-order valence-electron chi connectivity index (χ4n) is 1.91. The molecule has 0 fully saturated rings. The van der Waals surface area contributed by atoms with Crippen LogP contribution in [0.25, 0.3) is 0 Å². The van der Waals surface area contributed by atoms with Crippen molar-refractivity contribution in [2.24, 2.45) is 0 Å². The van der Waals surface area contributed by atoms with Gasteiger partial charge in [0, 0.05) is 16.6 Å². The summed E-state index contributed by atoms with van der Waals surface area (Å²) in [5.41, 5.74) is 2.06. The minimum atomic E-state index is 0.0123. The normalized spacial score (nSPS) is 11.9. The summed E-state index contributed by atoms with van der Waals surface area (Å²) < 4.78 is 0. The van der Waals surface area contributed by atoms with E-state index in [0.29, 0.717) is 11.8 Å². The first kappa shape index (κ1) is 15.6. The van der Waals surface area contributed by atoms with Gasteiger partial charge in [0.2, 0.25) is 5.91 Å². The number of nitrogens with one attached hydrogen (secondary N) is 2. The monoisotopic (exact) mass is 300 g/mol. The van der Waals surface area contributed by atoms with Gasteiger partial charge in [-0.1, -0.05) is 30.3 Å². The predicted octanol–water partition coefficient (Wildman–Crippen LogP) is 3.70. The molecule has 21 heavy (non-hydrogen) atoms. The second-order valence-corrected chi connectivity index (χ2v) is 5.83. The van der Waals surface area contributed by atoms with Crippen molar-refractivity contribution < 1.29 is 4.79 Å². The Bertz CT molecular complexity index is 586. The molecular formula is C17H20N2OS. The number of carbonyl (C=O) groups excluding carboxylic acids is 1. The van der Waals surface area contributed by atoms with E-state index in [0.717, 1.165) is 10.6 Å². The molecule has 0 spiro atoms. The van der Waals surface area contributed by atoms with E-state index in [2.05, 4.69) is 29.7 Å². The first-order valence-electron chi connectivity index (χ1n) is 6.94. The van der Waals surface area contributed by atoms with Crippen LogP contribution in [0.4, 0.5) is 5.69 Å². The van der Waals surface area contributed by atoms with Gasteiger partial charge in [-0.15, -0.1) is 11.8 Å². The van der Waals surface area contributed by atoms with Crippen molar-refractivity contribution in [1.29, 1.82) is 0 Å². The lowest BCUT2D eigenvalue weighted by Crippen LogP contribution is -2.14. The number of anilines is 1. The number of carbonyl (C=O) groups is 1. The number of rotatable bonds is 6. The molecule has 4 heteroatoms. The Hall–Kier alpha value is -1.78. The van der Waals surface area contributed by atoms with Gasteiger partial charge >= 0.3 is 0 Å². The van der Waals surface area contributed by atoms with Gasteiger partial charge in [-0.3, -0.25) is 4.79 Å². The van der Waals surface area contributed by atoms with Crippen molar-refractivity contribution in [3.63, 3.8) is 0 Å². The lowest BCUT2D eigenvalue weighted by atomic mass is 10.1. The van der Waals surface area contributed by atoms with Crippen LogP contribution in [0.2, 0.25) is 0 Å². The van der Waals surface area contributed by atoms with Crippen LogP contribution in [0.3, 0.4) is 0 Å². The van der Waals surface area contributed by atoms with Gasteiger partial charge in [0.15, 0.2) is 0 Å². The molecule has 110 valence electrons. The van der Waals surface area contributed by atoms with Gasteiger partial charge in [-0.2, -0.15) is 0 Å². The van der Waals surface area contributed by atoms with Crippen LogP contribution in [-0.4, -0.2) is 18.7 Å². The van der Waals surface area contributed by atoms with E-state index in [-0.39, 0.29) is 5.91 Å². The minimum absolute atomic E-state index is 0.0123. The third-order valence-electron chi connectivity index (χ3n) is 3.22. The molecule has 0 radical (unpaired) electrons. The largest absolute Gasteiger partial charge is 0.325 e. The Balaban J connectivity index is 1.89. The van der Waals surface area contributed by atoms with Gasteiger partial charge in [0.05, 0.1) is 5.75 Å². The molecule has 0 heterocycles. The Morgan fingerprint density at radius 3 is 2.62 bits per heavy atom. The molecule has 2 aromatic carbocycles. The summed E-state index contributed by atoms with van der Waals surface area (Å²) in [6.45, 7) is 2.12. The summed E-state index contributed by atoms with van der Waals surface area (Å²) in [7, 11) is 1.94. The molecule has 2 rings (SSSR count). The SMILES string of the molecule is CNC(C)c1cccc(SCC(=O)Nc2ccccc2)c1. The van der Waals surface area contributed by atoms with E-state index in [1.807, 2.05) is 49.5 Å². The average Bonchev–Trinajstić information content (AvgIpc) is 2.53. The Labute approximate surface area is 130 Å². The van der Waals surface area contributed by atoms with E-state index in [1.165, 1.54) is 5.56 Å². The predicted molar refractivity (Wildman–Crippen MR) is 89.7 cm³/mol. The summed E-state index contributed by atoms with van der Waals surface area (Å²) >= 11 is 1.55. The number of benzene rings is 2.